The fraction of sp³-hybridized carbons (Fsp3) is 0.750. The summed E-state index contributed by atoms with van der Waals surface area (Å²) in [6.45, 7) is 9.04. The van der Waals surface area contributed by atoms with Gasteiger partial charge in [-0.3, -0.25) is 9.69 Å². The number of rotatable bonds is 1. The lowest BCUT2D eigenvalue weighted by atomic mass is 9.83. The van der Waals surface area contributed by atoms with Crippen LogP contribution in [0.4, 0.5) is 0 Å². The first-order valence-electron chi connectivity index (χ1n) is 10.3. The maximum absolute atomic E-state index is 13.3. The number of nitrogens with zero attached hydrogens (tertiary/aromatic N) is 2. The van der Waals surface area contributed by atoms with Gasteiger partial charge in [0.05, 0.1) is 36.3 Å². The van der Waals surface area contributed by atoms with Crippen LogP contribution < -0.4 is 5.32 Å². The number of fused-ring (bicyclic) bond motifs is 3. The molecule has 1 spiro atoms. The minimum Gasteiger partial charge on any atom is -0.378 e. The Balaban J connectivity index is 1.36. The van der Waals surface area contributed by atoms with Gasteiger partial charge in [-0.05, 0) is 44.5 Å². The third-order valence-corrected chi connectivity index (χ3v) is 7.86. The van der Waals surface area contributed by atoms with Crippen LogP contribution in [0.1, 0.15) is 39.9 Å². The van der Waals surface area contributed by atoms with E-state index in [4.69, 9.17) is 9.47 Å². The molecule has 6 nitrogen and oxygen atoms in total. The molecule has 0 bridgehead atoms. The van der Waals surface area contributed by atoms with Crippen LogP contribution in [-0.4, -0.2) is 80.3 Å². The number of hydrogen-bond acceptors (Lipinski definition) is 6. The van der Waals surface area contributed by atoms with E-state index in [1.165, 1.54) is 10.4 Å². The van der Waals surface area contributed by atoms with E-state index >= 15 is 0 Å². The van der Waals surface area contributed by atoms with Crippen LogP contribution in [0, 0.1) is 0 Å². The van der Waals surface area contributed by atoms with E-state index in [9.17, 15) is 4.79 Å². The van der Waals surface area contributed by atoms with Gasteiger partial charge in [-0.1, -0.05) is 0 Å². The van der Waals surface area contributed by atoms with Gasteiger partial charge in [0.15, 0.2) is 0 Å². The summed E-state index contributed by atoms with van der Waals surface area (Å²) in [4.78, 5) is 20.1. The summed E-state index contributed by atoms with van der Waals surface area (Å²) in [6.07, 6.45) is 2.94. The van der Waals surface area contributed by atoms with Gasteiger partial charge in [-0.15, -0.1) is 11.3 Å². The molecule has 0 radical (unpaired) electrons. The predicted molar refractivity (Wildman–Crippen MR) is 104 cm³/mol. The Bertz CT molecular complexity index is 715. The topological polar surface area (TPSA) is 54.0 Å². The number of nitrogens with one attached hydrogen (secondary N) is 1. The summed E-state index contributed by atoms with van der Waals surface area (Å²) < 4.78 is 12.0. The van der Waals surface area contributed by atoms with Gasteiger partial charge in [-0.25, -0.2) is 0 Å². The molecule has 148 valence electrons. The van der Waals surface area contributed by atoms with E-state index in [0.29, 0.717) is 12.1 Å². The molecule has 1 aromatic rings. The molecule has 1 N–H and O–H groups in total. The standard InChI is InChI=1S/C20H29N3O3S/c1-14-12-25-13-15-11-22(7-8-23(14)15)19(24)18-10-16-17(27-18)2-9-26-20(16)3-5-21-6-4-20/h10,14-15,21H,2-9,11-13H2,1H3/t14-,15+/m0/s1. The van der Waals surface area contributed by atoms with Gasteiger partial charge in [-0.2, -0.15) is 0 Å². The molecular weight excluding hydrogens is 362 g/mol. The Morgan fingerprint density at radius 3 is 3.00 bits per heavy atom. The summed E-state index contributed by atoms with van der Waals surface area (Å²) in [5.74, 6) is 0.191. The fourth-order valence-corrected chi connectivity index (χ4v) is 6.37. The maximum Gasteiger partial charge on any atom is 0.264 e. The van der Waals surface area contributed by atoms with Crippen molar-refractivity contribution in [2.75, 3.05) is 52.5 Å². The quantitative estimate of drug-likeness (QED) is 0.785. The fourth-order valence-electron chi connectivity index (χ4n) is 5.18. The van der Waals surface area contributed by atoms with Crippen LogP contribution in [-0.2, 0) is 21.5 Å². The summed E-state index contributed by atoms with van der Waals surface area (Å²) >= 11 is 1.70. The second kappa shape index (κ2) is 7.12. The lowest BCUT2D eigenvalue weighted by Crippen LogP contribution is -2.61. The van der Waals surface area contributed by atoms with Crippen molar-refractivity contribution in [2.45, 2.75) is 43.9 Å². The lowest BCUT2D eigenvalue weighted by Gasteiger charge is -2.46. The number of hydrogen-bond donors (Lipinski definition) is 1. The zero-order chi connectivity index (χ0) is 18.4. The van der Waals surface area contributed by atoms with Crippen LogP contribution in [0.25, 0.3) is 0 Å². The molecule has 0 unspecified atom stereocenters. The summed E-state index contributed by atoms with van der Waals surface area (Å²) in [7, 11) is 0. The van der Waals surface area contributed by atoms with E-state index in [1.807, 2.05) is 4.90 Å². The minimum atomic E-state index is -0.167. The van der Waals surface area contributed by atoms with Crippen LogP contribution >= 0.6 is 11.3 Å². The second-order valence-electron chi connectivity index (χ2n) is 8.32. The Labute approximate surface area is 164 Å². The van der Waals surface area contributed by atoms with Crippen LogP contribution in [0.3, 0.4) is 0 Å². The van der Waals surface area contributed by atoms with E-state index in [2.05, 4.69) is 23.2 Å². The first kappa shape index (κ1) is 18.1. The van der Waals surface area contributed by atoms with E-state index in [-0.39, 0.29) is 11.5 Å². The number of carbonyl (C=O) groups is 1. The average Bonchev–Trinajstić information content (AvgIpc) is 3.14. The van der Waals surface area contributed by atoms with E-state index in [1.54, 1.807) is 11.3 Å². The molecule has 7 heteroatoms. The van der Waals surface area contributed by atoms with Crippen molar-refractivity contribution in [3.05, 3.63) is 21.4 Å². The highest BCUT2D eigenvalue weighted by Crippen LogP contribution is 2.43. The third kappa shape index (κ3) is 3.13. The first-order valence-corrected chi connectivity index (χ1v) is 11.1. The Morgan fingerprint density at radius 2 is 2.15 bits per heavy atom. The van der Waals surface area contributed by atoms with Crippen molar-refractivity contribution >= 4 is 17.2 Å². The van der Waals surface area contributed by atoms with Crippen molar-refractivity contribution in [3.63, 3.8) is 0 Å². The first-order chi connectivity index (χ1) is 13.2. The summed E-state index contributed by atoms with van der Waals surface area (Å²) in [6, 6.07) is 2.94. The molecule has 5 rings (SSSR count). The summed E-state index contributed by atoms with van der Waals surface area (Å²) in [5, 5.41) is 3.43. The van der Waals surface area contributed by atoms with Gasteiger partial charge in [0.2, 0.25) is 0 Å². The smallest absolute Gasteiger partial charge is 0.264 e. The molecule has 2 atom stereocenters. The summed E-state index contributed by atoms with van der Waals surface area (Å²) in [5.41, 5.74) is 1.12. The molecule has 27 heavy (non-hydrogen) atoms. The van der Waals surface area contributed by atoms with Gasteiger partial charge in [0, 0.05) is 37.0 Å². The van der Waals surface area contributed by atoms with Crippen LogP contribution in [0.5, 0.6) is 0 Å². The molecular formula is C20H29N3O3S. The van der Waals surface area contributed by atoms with Crippen molar-refractivity contribution < 1.29 is 14.3 Å². The van der Waals surface area contributed by atoms with Gasteiger partial charge < -0.3 is 19.7 Å². The number of morpholine rings is 1. The molecule has 4 aliphatic heterocycles. The van der Waals surface area contributed by atoms with Gasteiger partial charge in [0.1, 0.15) is 0 Å². The van der Waals surface area contributed by atoms with Crippen molar-refractivity contribution in [3.8, 4) is 0 Å². The number of ether oxygens (including phenoxy) is 2. The number of thiophene rings is 1. The maximum atomic E-state index is 13.3. The normalized spacial score (nSPS) is 30.8. The molecule has 4 aliphatic rings. The van der Waals surface area contributed by atoms with E-state index < -0.39 is 0 Å². The largest absolute Gasteiger partial charge is 0.378 e. The number of piperazine rings is 1. The van der Waals surface area contributed by atoms with Crippen LogP contribution in [0.15, 0.2) is 6.07 Å². The Morgan fingerprint density at radius 1 is 1.30 bits per heavy atom. The minimum absolute atomic E-state index is 0.167. The number of carbonyl (C=O) groups excluding carboxylic acids is 1. The highest BCUT2D eigenvalue weighted by atomic mass is 32.1. The molecule has 3 saturated heterocycles. The number of piperidine rings is 1. The molecule has 3 fully saturated rings. The molecule has 0 aliphatic carbocycles. The van der Waals surface area contributed by atoms with Gasteiger partial charge in [0.25, 0.3) is 5.91 Å². The van der Waals surface area contributed by atoms with E-state index in [0.717, 1.165) is 76.7 Å². The predicted octanol–water partition coefficient (Wildman–Crippen LogP) is 1.44. The van der Waals surface area contributed by atoms with Crippen molar-refractivity contribution in [1.29, 1.82) is 0 Å². The molecule has 1 aromatic heterocycles. The monoisotopic (exact) mass is 391 g/mol. The molecule has 0 aromatic carbocycles. The Kier molecular flexibility index (Phi) is 4.76. The lowest BCUT2D eigenvalue weighted by molar-refractivity contribution is -0.0792. The molecule has 1 amide bonds. The van der Waals surface area contributed by atoms with Crippen molar-refractivity contribution in [1.82, 2.24) is 15.1 Å². The van der Waals surface area contributed by atoms with Gasteiger partial charge >= 0.3 is 0 Å². The zero-order valence-corrected chi connectivity index (χ0v) is 16.9. The molecule has 0 saturated carbocycles. The highest BCUT2D eigenvalue weighted by Gasteiger charge is 2.41. The SMILES string of the molecule is C[C@H]1COC[C@H]2CN(C(=O)c3cc4c(s3)CCOC43CCNCC3)CCN21. The third-order valence-electron chi connectivity index (χ3n) is 6.68. The highest BCUT2D eigenvalue weighted by molar-refractivity contribution is 7.14. The van der Waals surface area contributed by atoms with Crippen LogP contribution in [0.2, 0.25) is 0 Å². The molecule has 5 heterocycles. The zero-order valence-electron chi connectivity index (χ0n) is 16.0. The average molecular weight is 392 g/mol. The Hall–Kier alpha value is -0.990. The number of amides is 1. The second-order valence-corrected chi connectivity index (χ2v) is 9.46. The van der Waals surface area contributed by atoms with Crippen molar-refractivity contribution in [2.24, 2.45) is 0 Å².